The molecule has 3 nitrogen and oxygen atoms in total. The molecule has 22 heavy (non-hydrogen) atoms. The van der Waals surface area contributed by atoms with Crippen LogP contribution in [0.3, 0.4) is 0 Å². The molecule has 1 fully saturated rings. The smallest absolute Gasteiger partial charge is 0.0661 e. The van der Waals surface area contributed by atoms with E-state index < -0.39 is 0 Å². The Morgan fingerprint density at radius 1 is 1.09 bits per heavy atom. The third-order valence-corrected chi connectivity index (χ3v) is 4.65. The SMILES string of the molecule is Clc1ccc(-n2cccc2CNCCN2CCCC2)c(Cl)c1. The van der Waals surface area contributed by atoms with Gasteiger partial charge in [0.25, 0.3) is 0 Å². The van der Waals surface area contributed by atoms with Crippen molar-refractivity contribution in [2.45, 2.75) is 19.4 Å². The van der Waals surface area contributed by atoms with Gasteiger partial charge in [-0.15, -0.1) is 0 Å². The van der Waals surface area contributed by atoms with Crippen molar-refractivity contribution in [1.29, 1.82) is 0 Å². The van der Waals surface area contributed by atoms with E-state index in [-0.39, 0.29) is 0 Å². The zero-order chi connectivity index (χ0) is 15.4. The Balaban J connectivity index is 1.59. The maximum atomic E-state index is 6.31. The van der Waals surface area contributed by atoms with Crippen LogP contribution in [0.4, 0.5) is 0 Å². The van der Waals surface area contributed by atoms with Gasteiger partial charge in [-0.1, -0.05) is 23.2 Å². The number of hydrogen-bond acceptors (Lipinski definition) is 2. The van der Waals surface area contributed by atoms with E-state index in [1.54, 1.807) is 6.07 Å². The molecule has 0 aliphatic carbocycles. The molecule has 0 saturated carbocycles. The molecular formula is C17H21Cl2N3. The molecule has 1 N–H and O–H groups in total. The van der Waals surface area contributed by atoms with E-state index in [4.69, 9.17) is 23.2 Å². The molecule has 1 aliphatic rings. The van der Waals surface area contributed by atoms with Gasteiger partial charge in [0.1, 0.15) is 0 Å². The van der Waals surface area contributed by atoms with Crippen LogP contribution >= 0.6 is 23.2 Å². The number of nitrogens with zero attached hydrogens (tertiary/aromatic N) is 2. The number of hydrogen-bond donors (Lipinski definition) is 1. The van der Waals surface area contributed by atoms with Crippen LogP contribution in [-0.2, 0) is 6.54 Å². The van der Waals surface area contributed by atoms with Crippen LogP contribution in [0.15, 0.2) is 36.5 Å². The van der Waals surface area contributed by atoms with Gasteiger partial charge in [0, 0.05) is 36.5 Å². The highest BCUT2D eigenvalue weighted by atomic mass is 35.5. The normalized spacial score (nSPS) is 15.5. The van der Waals surface area contributed by atoms with Crippen molar-refractivity contribution in [3.05, 3.63) is 52.3 Å². The van der Waals surface area contributed by atoms with Crippen molar-refractivity contribution in [2.75, 3.05) is 26.2 Å². The van der Waals surface area contributed by atoms with Crippen LogP contribution in [0, 0.1) is 0 Å². The highest BCUT2D eigenvalue weighted by Gasteiger charge is 2.11. The monoisotopic (exact) mass is 337 g/mol. The topological polar surface area (TPSA) is 20.2 Å². The van der Waals surface area contributed by atoms with Gasteiger partial charge in [-0.25, -0.2) is 0 Å². The Hall–Kier alpha value is -1.00. The summed E-state index contributed by atoms with van der Waals surface area (Å²) >= 11 is 12.3. The van der Waals surface area contributed by atoms with Gasteiger partial charge in [-0.3, -0.25) is 0 Å². The quantitative estimate of drug-likeness (QED) is 0.805. The zero-order valence-electron chi connectivity index (χ0n) is 12.6. The van der Waals surface area contributed by atoms with Crippen LogP contribution in [0.2, 0.25) is 10.0 Å². The van der Waals surface area contributed by atoms with Gasteiger partial charge in [0.15, 0.2) is 0 Å². The lowest BCUT2D eigenvalue weighted by Crippen LogP contribution is -2.30. The molecule has 0 amide bonds. The lowest BCUT2D eigenvalue weighted by molar-refractivity contribution is 0.335. The van der Waals surface area contributed by atoms with E-state index in [0.29, 0.717) is 10.0 Å². The van der Waals surface area contributed by atoms with Crippen molar-refractivity contribution in [3.8, 4) is 5.69 Å². The Labute approximate surface area is 141 Å². The molecule has 0 atom stereocenters. The molecule has 0 spiro atoms. The summed E-state index contributed by atoms with van der Waals surface area (Å²) < 4.78 is 2.11. The van der Waals surface area contributed by atoms with Gasteiger partial charge in [0.05, 0.1) is 10.7 Å². The lowest BCUT2D eigenvalue weighted by Gasteiger charge is -2.16. The summed E-state index contributed by atoms with van der Waals surface area (Å²) in [7, 11) is 0. The number of halogens is 2. The molecule has 5 heteroatoms. The standard InChI is InChI=1S/C17H21Cl2N3/c18-14-5-6-17(16(19)12-14)22-10-3-4-15(22)13-20-7-11-21-8-1-2-9-21/h3-6,10,12,20H,1-2,7-9,11,13H2. The van der Waals surface area contributed by atoms with Crippen LogP contribution in [-0.4, -0.2) is 35.6 Å². The minimum absolute atomic E-state index is 0.659. The number of aromatic nitrogens is 1. The number of benzene rings is 1. The first-order chi connectivity index (χ1) is 10.7. The summed E-state index contributed by atoms with van der Waals surface area (Å²) in [5, 5.41) is 4.85. The van der Waals surface area contributed by atoms with Gasteiger partial charge in [0.2, 0.25) is 0 Å². The molecule has 2 aromatic rings. The molecule has 3 rings (SSSR count). The second kappa shape index (κ2) is 7.51. The predicted octanol–water partition coefficient (Wildman–Crippen LogP) is 3.97. The van der Waals surface area contributed by atoms with E-state index in [1.165, 1.54) is 31.6 Å². The van der Waals surface area contributed by atoms with Crippen molar-refractivity contribution in [3.63, 3.8) is 0 Å². The fourth-order valence-corrected chi connectivity index (χ4v) is 3.43. The van der Waals surface area contributed by atoms with E-state index >= 15 is 0 Å². The van der Waals surface area contributed by atoms with Crippen molar-refractivity contribution < 1.29 is 0 Å². The fourth-order valence-electron chi connectivity index (χ4n) is 2.93. The minimum atomic E-state index is 0.659. The molecular weight excluding hydrogens is 317 g/mol. The highest BCUT2D eigenvalue weighted by molar-refractivity contribution is 6.35. The first kappa shape index (κ1) is 15.9. The summed E-state index contributed by atoms with van der Waals surface area (Å²) in [6.45, 7) is 5.47. The van der Waals surface area contributed by atoms with Gasteiger partial charge < -0.3 is 14.8 Å². The highest BCUT2D eigenvalue weighted by Crippen LogP contribution is 2.25. The van der Waals surface area contributed by atoms with E-state index in [1.807, 2.05) is 24.4 Å². The molecule has 0 radical (unpaired) electrons. The molecule has 1 aliphatic heterocycles. The van der Waals surface area contributed by atoms with Gasteiger partial charge >= 0.3 is 0 Å². The second-order valence-corrected chi connectivity index (χ2v) is 6.53. The second-order valence-electron chi connectivity index (χ2n) is 5.69. The first-order valence-corrected chi connectivity index (χ1v) is 8.54. The Morgan fingerprint density at radius 3 is 2.68 bits per heavy atom. The molecule has 2 heterocycles. The number of rotatable bonds is 6. The van der Waals surface area contributed by atoms with E-state index in [2.05, 4.69) is 20.9 Å². The summed E-state index contributed by atoms with van der Waals surface area (Å²) in [4.78, 5) is 2.52. The third kappa shape index (κ3) is 3.85. The largest absolute Gasteiger partial charge is 0.318 e. The summed E-state index contributed by atoms with van der Waals surface area (Å²) in [6.07, 6.45) is 4.72. The van der Waals surface area contributed by atoms with E-state index in [9.17, 15) is 0 Å². The first-order valence-electron chi connectivity index (χ1n) is 7.79. The van der Waals surface area contributed by atoms with Crippen LogP contribution in [0.25, 0.3) is 5.69 Å². The molecule has 118 valence electrons. The summed E-state index contributed by atoms with van der Waals surface area (Å²) in [5.41, 5.74) is 2.16. The summed E-state index contributed by atoms with van der Waals surface area (Å²) in [5.74, 6) is 0. The molecule has 1 saturated heterocycles. The van der Waals surface area contributed by atoms with Crippen molar-refractivity contribution in [2.24, 2.45) is 0 Å². The Morgan fingerprint density at radius 2 is 1.91 bits per heavy atom. The summed E-state index contributed by atoms with van der Waals surface area (Å²) in [6, 6.07) is 9.77. The van der Waals surface area contributed by atoms with Crippen LogP contribution in [0.1, 0.15) is 18.5 Å². The van der Waals surface area contributed by atoms with Crippen molar-refractivity contribution in [1.82, 2.24) is 14.8 Å². The third-order valence-electron chi connectivity index (χ3n) is 4.11. The maximum absolute atomic E-state index is 6.31. The van der Waals surface area contributed by atoms with Gasteiger partial charge in [-0.05, 0) is 56.3 Å². The molecule has 0 unspecified atom stereocenters. The average molecular weight is 338 g/mol. The van der Waals surface area contributed by atoms with Crippen LogP contribution in [0.5, 0.6) is 0 Å². The Kier molecular flexibility index (Phi) is 5.42. The van der Waals surface area contributed by atoms with Crippen molar-refractivity contribution >= 4 is 23.2 Å². The maximum Gasteiger partial charge on any atom is 0.0661 e. The average Bonchev–Trinajstić information content (AvgIpc) is 3.15. The Bertz CT molecular complexity index is 618. The zero-order valence-corrected chi connectivity index (χ0v) is 14.1. The lowest BCUT2D eigenvalue weighted by atomic mass is 10.3. The van der Waals surface area contributed by atoms with Gasteiger partial charge in [-0.2, -0.15) is 0 Å². The minimum Gasteiger partial charge on any atom is -0.318 e. The van der Waals surface area contributed by atoms with E-state index in [0.717, 1.165) is 25.3 Å². The molecule has 1 aromatic heterocycles. The predicted molar refractivity (Wildman–Crippen MR) is 93.2 cm³/mol. The number of nitrogens with one attached hydrogen (secondary N) is 1. The van der Waals surface area contributed by atoms with Crippen LogP contribution < -0.4 is 5.32 Å². The molecule has 1 aromatic carbocycles. The number of likely N-dealkylation sites (tertiary alicyclic amines) is 1. The molecule has 0 bridgehead atoms. The fraction of sp³-hybridized carbons (Fsp3) is 0.412.